The van der Waals surface area contributed by atoms with Crippen LogP contribution in [0.15, 0.2) is 35.4 Å². The first kappa shape index (κ1) is 17.9. The summed E-state index contributed by atoms with van der Waals surface area (Å²) in [5.41, 5.74) is 1.29. The van der Waals surface area contributed by atoms with E-state index in [0.29, 0.717) is 10.2 Å². The van der Waals surface area contributed by atoms with Crippen LogP contribution in [0.4, 0.5) is 4.39 Å². The summed E-state index contributed by atoms with van der Waals surface area (Å²) in [6.07, 6.45) is 5.69. The molecule has 0 aliphatic heterocycles. The van der Waals surface area contributed by atoms with Gasteiger partial charge in [-0.3, -0.25) is 14.2 Å². The van der Waals surface area contributed by atoms with Crippen molar-refractivity contribution in [1.29, 1.82) is 0 Å². The van der Waals surface area contributed by atoms with Crippen LogP contribution in [0, 0.1) is 12.7 Å². The lowest BCUT2D eigenvalue weighted by Crippen LogP contribution is -2.37. The summed E-state index contributed by atoms with van der Waals surface area (Å²) in [4.78, 5) is 31.3. The smallest absolute Gasteiger partial charge is 0.263 e. The van der Waals surface area contributed by atoms with Crippen molar-refractivity contribution < 1.29 is 9.18 Å². The molecule has 2 aromatic heterocycles. The number of aromatic nitrogens is 2. The molecule has 1 saturated carbocycles. The molecule has 0 spiro atoms. The van der Waals surface area contributed by atoms with E-state index in [4.69, 9.17) is 0 Å². The third-order valence-corrected chi connectivity index (χ3v) is 6.04. The molecule has 0 saturated heterocycles. The first-order chi connectivity index (χ1) is 13.0. The maximum atomic E-state index is 13.3. The molecule has 27 heavy (non-hydrogen) atoms. The summed E-state index contributed by atoms with van der Waals surface area (Å²) >= 11 is 1.43. The lowest BCUT2D eigenvalue weighted by atomic mass is 10.0. The fourth-order valence-corrected chi connectivity index (χ4v) is 4.72. The molecule has 5 nitrogen and oxygen atoms in total. The summed E-state index contributed by atoms with van der Waals surface area (Å²) in [6.45, 7) is 1.87. The van der Waals surface area contributed by atoms with Gasteiger partial charge in [-0.25, -0.2) is 9.37 Å². The minimum atomic E-state index is -0.324. The molecule has 2 heterocycles. The Morgan fingerprint density at radius 3 is 2.70 bits per heavy atom. The Bertz CT molecular complexity index is 1050. The number of nitrogens with one attached hydrogen (secondary N) is 1. The summed E-state index contributed by atoms with van der Waals surface area (Å²) < 4.78 is 14.6. The number of fused-ring (bicyclic) bond motifs is 1. The third kappa shape index (κ3) is 3.51. The van der Waals surface area contributed by atoms with Crippen LogP contribution >= 0.6 is 11.3 Å². The zero-order valence-electron chi connectivity index (χ0n) is 15.0. The van der Waals surface area contributed by atoms with Crippen molar-refractivity contribution in [3.8, 4) is 11.1 Å². The zero-order valence-corrected chi connectivity index (χ0v) is 15.8. The molecule has 0 radical (unpaired) electrons. The molecule has 3 aromatic rings. The lowest BCUT2D eigenvalue weighted by Gasteiger charge is -2.12. The number of carbonyl (C=O) groups is 1. The van der Waals surface area contributed by atoms with Crippen molar-refractivity contribution in [1.82, 2.24) is 14.9 Å². The number of hydrogen-bond acceptors (Lipinski definition) is 4. The normalized spacial score (nSPS) is 14.7. The van der Waals surface area contributed by atoms with E-state index in [-0.39, 0.29) is 29.9 Å². The first-order valence-corrected chi connectivity index (χ1v) is 9.88. The predicted molar refractivity (Wildman–Crippen MR) is 104 cm³/mol. The fourth-order valence-electron chi connectivity index (χ4n) is 3.71. The summed E-state index contributed by atoms with van der Waals surface area (Å²) in [7, 11) is 0. The van der Waals surface area contributed by atoms with E-state index in [1.165, 1.54) is 34.4 Å². The number of halogens is 1. The molecule has 1 aliphatic carbocycles. The van der Waals surface area contributed by atoms with Gasteiger partial charge in [0.15, 0.2) is 0 Å². The van der Waals surface area contributed by atoms with Gasteiger partial charge in [0.1, 0.15) is 17.2 Å². The predicted octanol–water partition coefficient (Wildman–Crippen LogP) is 3.63. The number of amides is 1. The molecule has 4 rings (SSSR count). The van der Waals surface area contributed by atoms with Crippen LogP contribution in [0.2, 0.25) is 0 Å². The van der Waals surface area contributed by atoms with Crippen molar-refractivity contribution >= 4 is 27.5 Å². The minimum Gasteiger partial charge on any atom is -0.352 e. The number of carbonyl (C=O) groups excluding carboxylic acids is 1. The minimum absolute atomic E-state index is 0.0456. The Labute approximate surface area is 159 Å². The van der Waals surface area contributed by atoms with Crippen LogP contribution in [-0.2, 0) is 11.3 Å². The number of thiophene rings is 1. The van der Waals surface area contributed by atoms with Crippen LogP contribution < -0.4 is 10.9 Å². The lowest BCUT2D eigenvalue weighted by molar-refractivity contribution is -0.122. The average Bonchev–Trinajstić information content (AvgIpc) is 3.26. The average molecular weight is 385 g/mol. The standard InChI is InChI=1S/C20H20FN3O2S/c1-12-17(13-6-8-14(21)9-7-13)18-19(27-12)22-11-24(20(18)26)10-16(25)23-15-4-2-3-5-15/h6-9,11,15H,2-5,10H2,1H3,(H,23,25). The van der Waals surface area contributed by atoms with Crippen molar-refractivity contribution in [2.24, 2.45) is 0 Å². The van der Waals surface area contributed by atoms with Crippen LogP contribution in [0.5, 0.6) is 0 Å². The molecule has 1 aliphatic rings. The first-order valence-electron chi connectivity index (χ1n) is 9.07. The second kappa shape index (κ2) is 7.23. The van der Waals surface area contributed by atoms with Gasteiger partial charge < -0.3 is 5.32 Å². The second-order valence-electron chi connectivity index (χ2n) is 6.95. The van der Waals surface area contributed by atoms with E-state index in [1.807, 2.05) is 6.92 Å². The number of nitrogens with zero attached hydrogens (tertiary/aromatic N) is 2. The highest BCUT2D eigenvalue weighted by Gasteiger charge is 2.20. The second-order valence-corrected chi connectivity index (χ2v) is 8.15. The third-order valence-electron chi connectivity index (χ3n) is 5.02. The van der Waals surface area contributed by atoms with Crippen LogP contribution in [-0.4, -0.2) is 21.5 Å². The fraction of sp³-hybridized carbons (Fsp3) is 0.350. The topological polar surface area (TPSA) is 64.0 Å². The van der Waals surface area contributed by atoms with Gasteiger partial charge in [0, 0.05) is 16.5 Å². The Balaban J connectivity index is 1.70. The van der Waals surface area contributed by atoms with Crippen molar-refractivity contribution in [2.75, 3.05) is 0 Å². The van der Waals surface area contributed by atoms with Gasteiger partial charge in [-0.05, 0) is 37.5 Å². The largest absolute Gasteiger partial charge is 0.352 e. The summed E-state index contributed by atoms with van der Waals surface area (Å²) in [5, 5.41) is 3.48. The van der Waals surface area contributed by atoms with Crippen molar-refractivity contribution in [2.45, 2.75) is 45.2 Å². The molecule has 1 fully saturated rings. The highest BCUT2D eigenvalue weighted by atomic mass is 32.1. The number of hydrogen-bond donors (Lipinski definition) is 1. The van der Waals surface area contributed by atoms with E-state index in [9.17, 15) is 14.0 Å². The molecule has 0 atom stereocenters. The van der Waals surface area contributed by atoms with E-state index in [1.54, 1.807) is 12.1 Å². The van der Waals surface area contributed by atoms with Crippen LogP contribution in [0.3, 0.4) is 0 Å². The molecule has 0 unspecified atom stereocenters. The highest BCUT2D eigenvalue weighted by Crippen LogP contribution is 2.35. The van der Waals surface area contributed by atoms with Crippen molar-refractivity contribution in [3.63, 3.8) is 0 Å². The Morgan fingerprint density at radius 1 is 1.30 bits per heavy atom. The SMILES string of the molecule is Cc1sc2ncn(CC(=O)NC3CCCC3)c(=O)c2c1-c1ccc(F)cc1. The van der Waals surface area contributed by atoms with Gasteiger partial charge in [-0.2, -0.15) is 0 Å². The zero-order chi connectivity index (χ0) is 19.0. The molecular formula is C20H20FN3O2S. The van der Waals surface area contributed by atoms with Crippen molar-refractivity contribution in [3.05, 3.63) is 51.6 Å². The van der Waals surface area contributed by atoms with Gasteiger partial charge in [-0.1, -0.05) is 25.0 Å². The van der Waals surface area contributed by atoms with Gasteiger partial charge >= 0.3 is 0 Å². The molecule has 7 heteroatoms. The highest BCUT2D eigenvalue weighted by molar-refractivity contribution is 7.19. The number of aryl methyl sites for hydroxylation is 1. The number of benzene rings is 1. The van der Waals surface area contributed by atoms with Gasteiger partial charge in [0.2, 0.25) is 5.91 Å². The molecule has 140 valence electrons. The quantitative estimate of drug-likeness (QED) is 0.746. The number of rotatable bonds is 4. The maximum absolute atomic E-state index is 13.3. The Kier molecular flexibility index (Phi) is 4.78. The maximum Gasteiger partial charge on any atom is 0.263 e. The molecule has 1 amide bonds. The van der Waals surface area contributed by atoms with Crippen LogP contribution in [0.25, 0.3) is 21.3 Å². The van der Waals surface area contributed by atoms with E-state index >= 15 is 0 Å². The Hall–Kier alpha value is -2.54. The van der Waals surface area contributed by atoms with Gasteiger partial charge in [0.25, 0.3) is 5.56 Å². The van der Waals surface area contributed by atoms with E-state index < -0.39 is 0 Å². The van der Waals surface area contributed by atoms with E-state index in [2.05, 4.69) is 10.3 Å². The molecule has 1 aromatic carbocycles. The van der Waals surface area contributed by atoms with Crippen LogP contribution in [0.1, 0.15) is 30.6 Å². The van der Waals surface area contributed by atoms with Gasteiger partial charge in [0.05, 0.1) is 11.7 Å². The molecule has 1 N–H and O–H groups in total. The summed E-state index contributed by atoms with van der Waals surface area (Å²) in [5.74, 6) is -0.490. The molecule has 0 bridgehead atoms. The Morgan fingerprint density at radius 2 is 2.00 bits per heavy atom. The van der Waals surface area contributed by atoms with Gasteiger partial charge in [-0.15, -0.1) is 11.3 Å². The van der Waals surface area contributed by atoms with E-state index in [0.717, 1.165) is 41.7 Å². The summed E-state index contributed by atoms with van der Waals surface area (Å²) in [6, 6.07) is 6.29. The monoisotopic (exact) mass is 385 g/mol. The molecular weight excluding hydrogens is 365 g/mol.